The van der Waals surface area contributed by atoms with Crippen molar-refractivity contribution in [2.45, 2.75) is 25.4 Å². The Bertz CT molecular complexity index is 531. The minimum atomic E-state index is 0.535. The molecule has 0 amide bonds. The van der Waals surface area contributed by atoms with Gasteiger partial charge >= 0.3 is 0 Å². The molecular weight excluding hydrogens is 244 g/mol. The van der Waals surface area contributed by atoms with E-state index < -0.39 is 0 Å². The molecule has 1 aliphatic heterocycles. The third kappa shape index (κ3) is 2.15. The minimum absolute atomic E-state index is 0.535. The number of aromatic nitrogens is 2. The first-order valence-corrected chi connectivity index (χ1v) is 7.11. The fraction of sp³-hybridized carbons (Fsp3) is 0.462. The first-order valence-electron chi connectivity index (χ1n) is 6.29. The van der Waals surface area contributed by atoms with Crippen molar-refractivity contribution in [1.29, 1.82) is 0 Å². The van der Waals surface area contributed by atoms with Gasteiger partial charge in [0.05, 0.1) is 6.04 Å². The van der Waals surface area contributed by atoms with Crippen molar-refractivity contribution in [3.05, 3.63) is 35.1 Å². The summed E-state index contributed by atoms with van der Waals surface area (Å²) >= 11 is 1.60. The average Bonchev–Trinajstić information content (AvgIpc) is 3.02. The normalized spacial score (nSPS) is 20.6. The summed E-state index contributed by atoms with van der Waals surface area (Å²) in [5, 5.41) is 0.666. The molecule has 2 aromatic heterocycles. The zero-order valence-electron chi connectivity index (χ0n) is 10.5. The van der Waals surface area contributed by atoms with Gasteiger partial charge in [-0.3, -0.25) is 4.90 Å². The molecule has 3 heterocycles. The Morgan fingerprint density at radius 3 is 3.11 bits per heavy atom. The van der Waals surface area contributed by atoms with Crippen LogP contribution in [0.4, 0.5) is 5.13 Å². The maximum absolute atomic E-state index is 5.69. The molecule has 1 atom stereocenters. The second-order valence-electron chi connectivity index (χ2n) is 4.84. The average molecular weight is 262 g/mol. The number of likely N-dealkylation sites (tertiary alicyclic amines) is 1. The Morgan fingerprint density at radius 1 is 1.56 bits per heavy atom. The van der Waals surface area contributed by atoms with Crippen LogP contribution in [0.25, 0.3) is 0 Å². The zero-order valence-corrected chi connectivity index (χ0v) is 11.4. The summed E-state index contributed by atoms with van der Waals surface area (Å²) in [6.45, 7) is 2.12. The Morgan fingerprint density at radius 2 is 2.44 bits per heavy atom. The van der Waals surface area contributed by atoms with Gasteiger partial charge in [0.15, 0.2) is 5.13 Å². The summed E-state index contributed by atoms with van der Waals surface area (Å²) in [6, 6.07) is 4.88. The van der Waals surface area contributed by atoms with E-state index in [1.807, 2.05) is 6.20 Å². The number of hydrogen-bond acceptors (Lipinski definition) is 4. The van der Waals surface area contributed by atoms with Crippen molar-refractivity contribution in [2.24, 2.45) is 7.05 Å². The number of thiazole rings is 1. The van der Waals surface area contributed by atoms with Crippen molar-refractivity contribution in [3.8, 4) is 0 Å². The number of aryl methyl sites for hydroxylation is 1. The standard InChI is InChI=1S/C13H18N4S/c1-16-6-2-4-11(16)12-5-3-7-17(12)9-10-8-15-13(14)18-10/h2,4,6,8,12H,3,5,7,9H2,1H3,(H2,14,15). The van der Waals surface area contributed by atoms with E-state index in [-0.39, 0.29) is 0 Å². The molecule has 1 aliphatic rings. The molecular formula is C13H18N4S. The fourth-order valence-corrected chi connectivity index (χ4v) is 3.48. The molecule has 2 N–H and O–H groups in total. The highest BCUT2D eigenvalue weighted by atomic mass is 32.1. The highest BCUT2D eigenvalue weighted by Gasteiger charge is 2.27. The Labute approximate surface area is 111 Å². The van der Waals surface area contributed by atoms with Crippen LogP contribution in [-0.4, -0.2) is 21.0 Å². The topological polar surface area (TPSA) is 47.1 Å². The highest BCUT2D eigenvalue weighted by molar-refractivity contribution is 7.15. The number of anilines is 1. The van der Waals surface area contributed by atoms with Gasteiger partial charge in [-0.1, -0.05) is 0 Å². The van der Waals surface area contributed by atoms with Gasteiger partial charge in [-0.15, -0.1) is 11.3 Å². The van der Waals surface area contributed by atoms with Gasteiger partial charge < -0.3 is 10.3 Å². The predicted molar refractivity (Wildman–Crippen MR) is 74.3 cm³/mol. The second-order valence-corrected chi connectivity index (χ2v) is 5.98. The first kappa shape index (κ1) is 11.7. The van der Waals surface area contributed by atoms with Gasteiger partial charge in [-0.25, -0.2) is 4.98 Å². The van der Waals surface area contributed by atoms with E-state index in [2.05, 4.69) is 39.8 Å². The molecule has 96 valence electrons. The van der Waals surface area contributed by atoms with Gasteiger partial charge in [0, 0.05) is 36.6 Å². The monoisotopic (exact) mass is 262 g/mol. The van der Waals surface area contributed by atoms with Crippen LogP contribution in [0.5, 0.6) is 0 Å². The van der Waals surface area contributed by atoms with Gasteiger partial charge in [-0.05, 0) is 31.5 Å². The number of hydrogen-bond donors (Lipinski definition) is 1. The molecule has 1 unspecified atom stereocenters. The van der Waals surface area contributed by atoms with E-state index in [0.717, 1.165) is 13.1 Å². The molecule has 0 saturated carbocycles. The van der Waals surface area contributed by atoms with Crippen LogP contribution < -0.4 is 5.73 Å². The summed E-state index contributed by atoms with van der Waals surface area (Å²) in [5.41, 5.74) is 7.10. The van der Waals surface area contributed by atoms with Crippen LogP contribution in [0.2, 0.25) is 0 Å². The molecule has 0 aromatic carbocycles. The smallest absolute Gasteiger partial charge is 0.180 e. The zero-order chi connectivity index (χ0) is 12.5. The molecule has 0 aliphatic carbocycles. The maximum Gasteiger partial charge on any atom is 0.180 e. The third-order valence-corrected chi connectivity index (χ3v) is 4.43. The number of rotatable bonds is 3. The van der Waals surface area contributed by atoms with Crippen LogP contribution in [0.15, 0.2) is 24.5 Å². The van der Waals surface area contributed by atoms with Crippen LogP contribution in [0.1, 0.15) is 29.5 Å². The highest BCUT2D eigenvalue weighted by Crippen LogP contribution is 2.33. The Kier molecular flexibility index (Phi) is 3.09. The molecule has 3 rings (SSSR count). The molecule has 18 heavy (non-hydrogen) atoms. The summed E-state index contributed by atoms with van der Waals surface area (Å²) in [6.07, 6.45) is 6.53. The Hall–Kier alpha value is -1.33. The Balaban J connectivity index is 1.77. The van der Waals surface area contributed by atoms with Crippen molar-refractivity contribution in [2.75, 3.05) is 12.3 Å². The van der Waals surface area contributed by atoms with E-state index >= 15 is 0 Å². The minimum Gasteiger partial charge on any atom is -0.375 e. The van der Waals surface area contributed by atoms with Crippen molar-refractivity contribution < 1.29 is 0 Å². The van der Waals surface area contributed by atoms with E-state index in [4.69, 9.17) is 5.73 Å². The summed E-state index contributed by atoms with van der Waals surface area (Å²) in [7, 11) is 2.12. The molecule has 0 spiro atoms. The van der Waals surface area contributed by atoms with Crippen LogP contribution in [0, 0.1) is 0 Å². The lowest BCUT2D eigenvalue weighted by Crippen LogP contribution is -2.23. The van der Waals surface area contributed by atoms with Gasteiger partial charge in [0.1, 0.15) is 0 Å². The summed E-state index contributed by atoms with van der Waals surface area (Å²) in [4.78, 5) is 7.92. The van der Waals surface area contributed by atoms with Crippen LogP contribution >= 0.6 is 11.3 Å². The number of nitrogens with two attached hydrogens (primary N) is 1. The van der Waals surface area contributed by atoms with Gasteiger partial charge in [0.25, 0.3) is 0 Å². The van der Waals surface area contributed by atoms with E-state index in [1.54, 1.807) is 11.3 Å². The van der Waals surface area contributed by atoms with Crippen molar-refractivity contribution >= 4 is 16.5 Å². The molecule has 1 fully saturated rings. The lowest BCUT2D eigenvalue weighted by molar-refractivity contribution is 0.243. The van der Waals surface area contributed by atoms with E-state index in [0.29, 0.717) is 11.2 Å². The fourth-order valence-electron chi connectivity index (χ4n) is 2.77. The lowest BCUT2D eigenvalue weighted by Gasteiger charge is -2.24. The SMILES string of the molecule is Cn1cccc1C1CCCN1Cc1cnc(N)s1. The summed E-state index contributed by atoms with van der Waals surface area (Å²) < 4.78 is 2.23. The largest absolute Gasteiger partial charge is 0.375 e. The molecule has 1 saturated heterocycles. The first-order chi connectivity index (χ1) is 8.74. The molecule has 0 bridgehead atoms. The maximum atomic E-state index is 5.69. The second kappa shape index (κ2) is 4.74. The van der Waals surface area contributed by atoms with Crippen LogP contribution in [0.3, 0.4) is 0 Å². The molecule has 5 heteroatoms. The quantitative estimate of drug-likeness (QED) is 0.924. The van der Waals surface area contributed by atoms with Gasteiger partial charge in [-0.2, -0.15) is 0 Å². The van der Waals surface area contributed by atoms with Crippen molar-refractivity contribution in [3.63, 3.8) is 0 Å². The number of nitrogens with zero attached hydrogens (tertiary/aromatic N) is 3. The van der Waals surface area contributed by atoms with Crippen LogP contribution in [-0.2, 0) is 13.6 Å². The molecule has 4 nitrogen and oxygen atoms in total. The molecule has 2 aromatic rings. The van der Waals surface area contributed by atoms with Crippen molar-refractivity contribution in [1.82, 2.24) is 14.5 Å². The lowest BCUT2D eigenvalue weighted by atomic mass is 10.1. The molecule has 0 radical (unpaired) electrons. The number of nitrogen functional groups attached to an aromatic ring is 1. The van der Waals surface area contributed by atoms with Gasteiger partial charge in [0.2, 0.25) is 0 Å². The van der Waals surface area contributed by atoms with E-state index in [9.17, 15) is 0 Å². The third-order valence-electron chi connectivity index (χ3n) is 3.62. The van der Waals surface area contributed by atoms with E-state index in [1.165, 1.54) is 23.4 Å². The predicted octanol–water partition coefficient (Wildman–Crippen LogP) is 2.40. The summed E-state index contributed by atoms with van der Waals surface area (Å²) in [5.74, 6) is 0.